The quantitative estimate of drug-likeness (QED) is 0.860. The number of hydrogen-bond acceptors (Lipinski definition) is 3. The van der Waals surface area contributed by atoms with Crippen molar-refractivity contribution in [2.75, 3.05) is 26.1 Å². The molecule has 0 aromatic heterocycles. The number of methoxy groups -OCH3 is 2. The van der Waals surface area contributed by atoms with Crippen molar-refractivity contribution in [3.63, 3.8) is 0 Å². The van der Waals surface area contributed by atoms with Crippen molar-refractivity contribution in [2.45, 2.75) is 6.42 Å². The Morgan fingerprint density at radius 2 is 1.63 bits per heavy atom. The zero-order valence-corrected chi connectivity index (χ0v) is 11.3. The summed E-state index contributed by atoms with van der Waals surface area (Å²) in [5.74, 6) is 1.49. The van der Waals surface area contributed by atoms with Crippen LogP contribution in [-0.2, 0) is 6.42 Å². The van der Waals surface area contributed by atoms with Gasteiger partial charge in [-0.2, -0.15) is 0 Å². The molecule has 3 heteroatoms. The molecule has 0 amide bonds. The van der Waals surface area contributed by atoms with Gasteiger partial charge >= 0.3 is 0 Å². The first kappa shape index (κ1) is 13.3. The van der Waals surface area contributed by atoms with Crippen molar-refractivity contribution < 1.29 is 9.47 Å². The van der Waals surface area contributed by atoms with Crippen LogP contribution in [0.4, 0.5) is 5.69 Å². The average Bonchev–Trinajstić information content (AvgIpc) is 2.48. The molecular formula is C16H19NO2. The molecule has 1 N–H and O–H groups in total. The molecule has 0 aliphatic heterocycles. The van der Waals surface area contributed by atoms with Crippen molar-refractivity contribution in [3.8, 4) is 11.5 Å². The summed E-state index contributed by atoms with van der Waals surface area (Å²) in [6.45, 7) is 0.888. The van der Waals surface area contributed by atoms with E-state index < -0.39 is 0 Å². The van der Waals surface area contributed by atoms with Gasteiger partial charge in [0.15, 0.2) is 11.5 Å². The molecule has 0 radical (unpaired) electrons. The van der Waals surface area contributed by atoms with Crippen molar-refractivity contribution in [1.29, 1.82) is 0 Å². The van der Waals surface area contributed by atoms with Crippen LogP contribution in [0.15, 0.2) is 48.5 Å². The largest absolute Gasteiger partial charge is 0.493 e. The van der Waals surface area contributed by atoms with Gasteiger partial charge in [-0.1, -0.05) is 30.3 Å². The minimum atomic E-state index is 0.743. The monoisotopic (exact) mass is 257 g/mol. The Morgan fingerprint density at radius 3 is 2.32 bits per heavy atom. The summed E-state index contributed by atoms with van der Waals surface area (Å²) in [6.07, 6.45) is 0.995. The van der Waals surface area contributed by atoms with Crippen LogP contribution in [0.5, 0.6) is 11.5 Å². The number of nitrogens with one attached hydrogen (secondary N) is 1. The van der Waals surface area contributed by atoms with E-state index in [2.05, 4.69) is 29.6 Å². The maximum absolute atomic E-state index is 5.28. The molecule has 0 heterocycles. The van der Waals surface area contributed by atoms with Crippen LogP contribution in [0, 0.1) is 0 Å². The minimum Gasteiger partial charge on any atom is -0.493 e. The lowest BCUT2D eigenvalue weighted by molar-refractivity contribution is 0.355. The van der Waals surface area contributed by atoms with Crippen molar-refractivity contribution in [3.05, 3.63) is 54.1 Å². The molecule has 0 saturated carbocycles. The smallest absolute Gasteiger partial charge is 0.162 e. The van der Waals surface area contributed by atoms with Crippen molar-refractivity contribution in [2.24, 2.45) is 0 Å². The lowest BCUT2D eigenvalue weighted by Crippen LogP contribution is -2.05. The van der Waals surface area contributed by atoms with Gasteiger partial charge in [0.05, 0.1) is 14.2 Å². The fourth-order valence-electron chi connectivity index (χ4n) is 1.94. The first-order valence-electron chi connectivity index (χ1n) is 6.33. The molecule has 2 aromatic carbocycles. The van der Waals surface area contributed by atoms with Crippen LogP contribution < -0.4 is 14.8 Å². The zero-order chi connectivity index (χ0) is 13.5. The van der Waals surface area contributed by atoms with Crippen LogP contribution in [0.2, 0.25) is 0 Å². The van der Waals surface area contributed by atoms with E-state index in [0.29, 0.717) is 0 Å². The van der Waals surface area contributed by atoms with Crippen LogP contribution in [0.1, 0.15) is 5.56 Å². The van der Waals surface area contributed by atoms with E-state index in [0.717, 1.165) is 30.2 Å². The molecule has 0 aliphatic rings. The third-order valence-electron chi connectivity index (χ3n) is 2.97. The van der Waals surface area contributed by atoms with Gasteiger partial charge in [0, 0.05) is 18.3 Å². The SMILES string of the molecule is COc1ccc(NCCc2ccccc2)cc1OC. The number of anilines is 1. The van der Waals surface area contributed by atoms with Gasteiger partial charge in [0.1, 0.15) is 0 Å². The number of benzene rings is 2. The number of ether oxygens (including phenoxy) is 2. The number of hydrogen-bond donors (Lipinski definition) is 1. The second-order valence-electron chi connectivity index (χ2n) is 4.23. The van der Waals surface area contributed by atoms with Crippen LogP contribution >= 0.6 is 0 Å². The maximum atomic E-state index is 5.28. The second-order valence-corrected chi connectivity index (χ2v) is 4.23. The highest BCUT2D eigenvalue weighted by Gasteiger charge is 2.03. The van der Waals surface area contributed by atoms with Crippen LogP contribution in [0.25, 0.3) is 0 Å². The van der Waals surface area contributed by atoms with Gasteiger partial charge in [-0.3, -0.25) is 0 Å². The summed E-state index contributed by atoms with van der Waals surface area (Å²) < 4.78 is 10.5. The van der Waals surface area contributed by atoms with E-state index in [1.807, 2.05) is 24.3 Å². The van der Waals surface area contributed by atoms with E-state index in [1.165, 1.54) is 5.56 Å². The molecule has 0 fully saturated rings. The highest BCUT2D eigenvalue weighted by atomic mass is 16.5. The Balaban J connectivity index is 1.93. The van der Waals surface area contributed by atoms with Gasteiger partial charge in [0.2, 0.25) is 0 Å². The number of rotatable bonds is 6. The third-order valence-corrected chi connectivity index (χ3v) is 2.97. The predicted octanol–water partition coefficient (Wildman–Crippen LogP) is 3.36. The van der Waals surface area contributed by atoms with Crippen LogP contribution in [-0.4, -0.2) is 20.8 Å². The molecule has 0 bridgehead atoms. The van der Waals surface area contributed by atoms with Crippen LogP contribution in [0.3, 0.4) is 0 Å². The molecule has 0 spiro atoms. The van der Waals surface area contributed by atoms with Crippen molar-refractivity contribution >= 4 is 5.69 Å². The summed E-state index contributed by atoms with van der Waals surface area (Å²) in [6, 6.07) is 16.3. The fourth-order valence-corrected chi connectivity index (χ4v) is 1.94. The van der Waals surface area contributed by atoms with Gasteiger partial charge in [-0.05, 0) is 24.1 Å². The highest BCUT2D eigenvalue weighted by Crippen LogP contribution is 2.29. The summed E-state index contributed by atoms with van der Waals surface area (Å²) in [5.41, 5.74) is 2.36. The molecule has 3 nitrogen and oxygen atoms in total. The van der Waals surface area contributed by atoms with E-state index in [9.17, 15) is 0 Å². The highest BCUT2D eigenvalue weighted by molar-refractivity contribution is 5.54. The fraction of sp³-hybridized carbons (Fsp3) is 0.250. The van der Waals surface area contributed by atoms with Gasteiger partial charge in [0.25, 0.3) is 0 Å². The maximum Gasteiger partial charge on any atom is 0.162 e. The summed E-state index contributed by atoms with van der Waals surface area (Å²) in [4.78, 5) is 0. The van der Waals surface area contributed by atoms with Gasteiger partial charge < -0.3 is 14.8 Å². The normalized spacial score (nSPS) is 10.0. The molecule has 0 unspecified atom stereocenters. The summed E-state index contributed by atoms with van der Waals surface area (Å²) in [7, 11) is 3.28. The van der Waals surface area contributed by atoms with Gasteiger partial charge in [-0.25, -0.2) is 0 Å². The van der Waals surface area contributed by atoms with E-state index >= 15 is 0 Å². The molecule has 2 rings (SSSR count). The standard InChI is InChI=1S/C16H19NO2/c1-18-15-9-8-14(12-16(15)19-2)17-11-10-13-6-4-3-5-7-13/h3-9,12,17H,10-11H2,1-2H3. The Kier molecular flexibility index (Phi) is 4.67. The lowest BCUT2D eigenvalue weighted by Gasteiger charge is -2.11. The zero-order valence-electron chi connectivity index (χ0n) is 11.3. The second kappa shape index (κ2) is 6.69. The Bertz CT molecular complexity index is 511. The Hall–Kier alpha value is -2.16. The first-order valence-corrected chi connectivity index (χ1v) is 6.33. The lowest BCUT2D eigenvalue weighted by atomic mass is 10.1. The third kappa shape index (κ3) is 3.65. The topological polar surface area (TPSA) is 30.5 Å². The Labute approximate surface area is 114 Å². The molecule has 0 atom stereocenters. The van der Waals surface area contributed by atoms with E-state index in [4.69, 9.17) is 9.47 Å². The molecule has 0 saturated heterocycles. The average molecular weight is 257 g/mol. The van der Waals surface area contributed by atoms with E-state index in [-0.39, 0.29) is 0 Å². The first-order chi connectivity index (χ1) is 9.33. The molecule has 19 heavy (non-hydrogen) atoms. The van der Waals surface area contributed by atoms with E-state index in [1.54, 1.807) is 14.2 Å². The summed E-state index contributed by atoms with van der Waals surface area (Å²) >= 11 is 0. The minimum absolute atomic E-state index is 0.743. The predicted molar refractivity (Wildman–Crippen MR) is 78.2 cm³/mol. The molecule has 0 aliphatic carbocycles. The van der Waals surface area contributed by atoms with Crippen molar-refractivity contribution in [1.82, 2.24) is 0 Å². The van der Waals surface area contributed by atoms with Gasteiger partial charge in [-0.15, -0.1) is 0 Å². The molecule has 100 valence electrons. The molecular weight excluding hydrogens is 238 g/mol. The molecule has 2 aromatic rings. The summed E-state index contributed by atoms with van der Waals surface area (Å²) in [5, 5.41) is 3.38. The Morgan fingerprint density at radius 1 is 0.895 bits per heavy atom.